The molecule has 1 fully saturated rings. The van der Waals surface area contributed by atoms with Crippen molar-refractivity contribution in [3.8, 4) is 0 Å². The van der Waals surface area contributed by atoms with Crippen molar-refractivity contribution in [2.45, 2.75) is 6.54 Å². The van der Waals surface area contributed by atoms with Crippen molar-refractivity contribution in [1.82, 2.24) is 19.9 Å². The first-order valence-corrected chi connectivity index (χ1v) is 6.39. The topological polar surface area (TPSA) is 72.3 Å². The molecule has 88 valence electrons. The van der Waals surface area contributed by atoms with Crippen LogP contribution in [0.2, 0.25) is 0 Å². The summed E-state index contributed by atoms with van der Waals surface area (Å²) in [6.45, 7) is 2.48. The highest BCUT2D eigenvalue weighted by Gasteiger charge is 2.11. The van der Waals surface area contributed by atoms with Crippen molar-refractivity contribution in [3.05, 3.63) is 11.9 Å². The molecule has 7 heteroatoms. The molecule has 16 heavy (non-hydrogen) atoms. The predicted molar refractivity (Wildman–Crippen MR) is 65.2 cm³/mol. The predicted octanol–water partition coefficient (Wildman–Crippen LogP) is -0.321. The highest BCUT2D eigenvalue weighted by molar-refractivity contribution is 7.99. The van der Waals surface area contributed by atoms with Crippen molar-refractivity contribution < 1.29 is 0 Å². The molecular formula is C9H16N6S. The van der Waals surface area contributed by atoms with Crippen LogP contribution in [-0.4, -0.2) is 50.4 Å². The monoisotopic (exact) mass is 240 g/mol. The first-order chi connectivity index (χ1) is 7.75. The molecular weight excluding hydrogens is 224 g/mol. The average molecular weight is 240 g/mol. The molecule has 2 heterocycles. The number of hydrogen-bond donors (Lipinski definition) is 1. The van der Waals surface area contributed by atoms with Crippen molar-refractivity contribution in [2.75, 3.05) is 24.6 Å². The van der Waals surface area contributed by atoms with E-state index in [2.05, 4.69) is 20.1 Å². The Kier molecular flexibility index (Phi) is 3.66. The molecule has 0 aliphatic carbocycles. The molecule has 0 amide bonds. The molecule has 1 aliphatic heterocycles. The highest BCUT2D eigenvalue weighted by atomic mass is 32.2. The molecule has 2 rings (SSSR count). The summed E-state index contributed by atoms with van der Waals surface area (Å²) in [5.41, 5.74) is 6.76. The molecule has 2 N–H and O–H groups in total. The minimum atomic E-state index is 0.503. The number of aromatic nitrogens is 3. The standard InChI is InChI=1S/C9H16N6S/c1-14-12-7-8(13-14)6-11-9(10)15-2-4-16-5-3-15/h7H,2-6H2,1H3,(H2,10,11). The lowest BCUT2D eigenvalue weighted by Crippen LogP contribution is -2.42. The Hall–Kier alpha value is -1.24. The fourth-order valence-corrected chi connectivity index (χ4v) is 2.42. The van der Waals surface area contributed by atoms with Gasteiger partial charge in [0.2, 0.25) is 0 Å². The summed E-state index contributed by atoms with van der Waals surface area (Å²) in [5.74, 6) is 2.87. The van der Waals surface area contributed by atoms with Gasteiger partial charge in [-0.15, -0.1) is 0 Å². The molecule has 0 spiro atoms. The molecule has 0 radical (unpaired) electrons. The first-order valence-electron chi connectivity index (χ1n) is 5.23. The largest absolute Gasteiger partial charge is 0.370 e. The summed E-state index contributed by atoms with van der Waals surface area (Å²) < 4.78 is 0. The van der Waals surface area contributed by atoms with Gasteiger partial charge in [0.25, 0.3) is 0 Å². The fraction of sp³-hybridized carbons (Fsp3) is 0.667. The van der Waals surface area contributed by atoms with Crippen LogP contribution in [0.1, 0.15) is 5.69 Å². The summed E-state index contributed by atoms with van der Waals surface area (Å²) in [6.07, 6.45) is 1.71. The molecule has 6 nitrogen and oxygen atoms in total. The van der Waals surface area contributed by atoms with Crippen molar-refractivity contribution >= 4 is 17.7 Å². The fourth-order valence-electron chi connectivity index (χ4n) is 1.51. The average Bonchev–Trinajstić information content (AvgIpc) is 2.73. The lowest BCUT2D eigenvalue weighted by molar-refractivity contribution is 0.455. The zero-order chi connectivity index (χ0) is 11.4. The third-order valence-corrected chi connectivity index (χ3v) is 3.33. The van der Waals surface area contributed by atoms with Gasteiger partial charge in [0.15, 0.2) is 5.96 Å². The van der Waals surface area contributed by atoms with E-state index in [0.717, 1.165) is 30.3 Å². The van der Waals surface area contributed by atoms with Crippen LogP contribution in [0.4, 0.5) is 0 Å². The number of rotatable bonds is 2. The van der Waals surface area contributed by atoms with Gasteiger partial charge in [0.05, 0.1) is 12.7 Å². The zero-order valence-electron chi connectivity index (χ0n) is 9.33. The number of nitrogens with zero attached hydrogens (tertiary/aromatic N) is 5. The van der Waals surface area contributed by atoms with Gasteiger partial charge in [-0.2, -0.15) is 26.8 Å². The maximum atomic E-state index is 5.91. The van der Waals surface area contributed by atoms with Gasteiger partial charge in [-0.3, -0.25) is 0 Å². The quantitative estimate of drug-likeness (QED) is 0.566. The molecule has 0 unspecified atom stereocenters. The van der Waals surface area contributed by atoms with E-state index >= 15 is 0 Å². The maximum Gasteiger partial charge on any atom is 0.191 e. The number of guanidine groups is 1. The molecule has 1 aromatic rings. The van der Waals surface area contributed by atoms with E-state index in [1.54, 1.807) is 13.2 Å². The molecule has 0 saturated carbocycles. The summed E-state index contributed by atoms with van der Waals surface area (Å²) in [6, 6.07) is 0. The zero-order valence-corrected chi connectivity index (χ0v) is 10.2. The van der Waals surface area contributed by atoms with Crippen molar-refractivity contribution in [2.24, 2.45) is 17.8 Å². The third-order valence-electron chi connectivity index (χ3n) is 2.39. The second-order valence-electron chi connectivity index (χ2n) is 3.60. The van der Waals surface area contributed by atoms with Gasteiger partial charge < -0.3 is 10.6 Å². The van der Waals surface area contributed by atoms with Gasteiger partial charge in [-0.05, 0) is 0 Å². The van der Waals surface area contributed by atoms with E-state index < -0.39 is 0 Å². The Morgan fingerprint density at radius 2 is 2.31 bits per heavy atom. The van der Waals surface area contributed by atoms with E-state index in [0.29, 0.717) is 12.5 Å². The minimum Gasteiger partial charge on any atom is -0.370 e. The van der Waals surface area contributed by atoms with Crippen LogP contribution in [-0.2, 0) is 13.6 Å². The number of aliphatic imine (C=N–C) groups is 1. The highest BCUT2D eigenvalue weighted by Crippen LogP contribution is 2.08. The summed E-state index contributed by atoms with van der Waals surface area (Å²) >= 11 is 1.96. The van der Waals surface area contributed by atoms with Crippen molar-refractivity contribution in [3.63, 3.8) is 0 Å². The van der Waals surface area contributed by atoms with Crippen LogP contribution in [0, 0.1) is 0 Å². The van der Waals surface area contributed by atoms with Crippen LogP contribution in [0.3, 0.4) is 0 Å². The Balaban J connectivity index is 1.90. The Morgan fingerprint density at radius 3 is 2.94 bits per heavy atom. The second kappa shape index (κ2) is 5.20. The number of hydrogen-bond acceptors (Lipinski definition) is 4. The van der Waals surface area contributed by atoms with Crippen LogP contribution in [0.5, 0.6) is 0 Å². The smallest absolute Gasteiger partial charge is 0.191 e. The van der Waals surface area contributed by atoms with Gasteiger partial charge in [-0.25, -0.2) is 4.99 Å². The van der Waals surface area contributed by atoms with Gasteiger partial charge in [-0.1, -0.05) is 0 Å². The van der Waals surface area contributed by atoms with E-state index in [4.69, 9.17) is 5.73 Å². The SMILES string of the molecule is Cn1ncc(CN=C(N)N2CCSCC2)n1. The number of aryl methyl sites for hydroxylation is 1. The molecule has 1 aliphatic rings. The summed E-state index contributed by atoms with van der Waals surface area (Å²) in [7, 11) is 1.79. The number of thioether (sulfide) groups is 1. The second-order valence-corrected chi connectivity index (χ2v) is 4.82. The lowest BCUT2D eigenvalue weighted by atomic mass is 10.5. The molecule has 0 bridgehead atoms. The molecule has 1 saturated heterocycles. The molecule has 1 aromatic heterocycles. The molecule has 0 atom stereocenters. The normalized spacial score (nSPS) is 17.8. The lowest BCUT2D eigenvalue weighted by Gasteiger charge is -2.27. The van der Waals surface area contributed by atoms with Gasteiger partial charge >= 0.3 is 0 Å². The van der Waals surface area contributed by atoms with Gasteiger partial charge in [0.1, 0.15) is 5.69 Å². The molecule has 0 aromatic carbocycles. The first kappa shape index (κ1) is 11.3. The van der Waals surface area contributed by atoms with E-state index in [9.17, 15) is 0 Å². The van der Waals surface area contributed by atoms with Crippen LogP contribution in [0.15, 0.2) is 11.2 Å². The summed E-state index contributed by atoms with van der Waals surface area (Å²) in [4.78, 5) is 7.97. The van der Waals surface area contributed by atoms with E-state index in [1.807, 2.05) is 11.8 Å². The Labute approximate surface area is 98.9 Å². The summed E-state index contributed by atoms with van der Waals surface area (Å²) in [5, 5.41) is 8.13. The van der Waals surface area contributed by atoms with Crippen LogP contribution < -0.4 is 5.73 Å². The Morgan fingerprint density at radius 1 is 1.56 bits per heavy atom. The van der Waals surface area contributed by atoms with E-state index in [-0.39, 0.29) is 0 Å². The number of nitrogens with two attached hydrogens (primary N) is 1. The van der Waals surface area contributed by atoms with Crippen LogP contribution in [0.25, 0.3) is 0 Å². The van der Waals surface area contributed by atoms with E-state index in [1.165, 1.54) is 4.80 Å². The third kappa shape index (κ3) is 2.88. The Bertz CT molecular complexity index is 368. The van der Waals surface area contributed by atoms with Crippen molar-refractivity contribution in [1.29, 1.82) is 0 Å². The van der Waals surface area contributed by atoms with Crippen LogP contribution >= 0.6 is 11.8 Å². The van der Waals surface area contributed by atoms with Gasteiger partial charge in [0, 0.05) is 31.6 Å². The minimum absolute atomic E-state index is 0.503. The maximum absolute atomic E-state index is 5.91.